The van der Waals surface area contributed by atoms with E-state index >= 15 is 0 Å². The molecule has 0 spiro atoms. The van der Waals surface area contributed by atoms with Gasteiger partial charge in [0.2, 0.25) is 11.6 Å². The summed E-state index contributed by atoms with van der Waals surface area (Å²) < 4.78 is 6.93. The third kappa shape index (κ3) is 1.67. The van der Waals surface area contributed by atoms with Crippen LogP contribution in [0.25, 0.3) is 0 Å². The zero-order valence-electron chi connectivity index (χ0n) is 12.4. The van der Waals surface area contributed by atoms with Crippen molar-refractivity contribution in [3.05, 3.63) is 34.3 Å². The molecular formula is C16H15N3O4. The van der Waals surface area contributed by atoms with Crippen LogP contribution in [0.5, 0.6) is 0 Å². The fourth-order valence-electron chi connectivity index (χ4n) is 4.02. The first-order chi connectivity index (χ1) is 11.1. The van der Waals surface area contributed by atoms with Crippen molar-refractivity contribution in [2.45, 2.75) is 25.5 Å². The Balaban J connectivity index is 1.67. The molecule has 2 unspecified atom stereocenters. The lowest BCUT2D eigenvalue weighted by atomic mass is 9.94. The van der Waals surface area contributed by atoms with Crippen molar-refractivity contribution < 1.29 is 19.1 Å². The van der Waals surface area contributed by atoms with Gasteiger partial charge < -0.3 is 19.9 Å². The number of rotatable bonds is 3. The Morgan fingerprint density at radius 1 is 1.35 bits per heavy atom. The second kappa shape index (κ2) is 4.04. The standard InChI is InChI=1S/C16H15N3O4/c17-16(22)23-6-9-12-14(19-5-7-3-8(7)13(9)19)11(20)4-10(15(12)21)18-1-2-18/h4,7-8H,1-3,5-6H2,(H2,17,22). The Morgan fingerprint density at radius 2 is 2.13 bits per heavy atom. The largest absolute Gasteiger partial charge is 0.445 e. The molecule has 3 heterocycles. The normalized spacial score (nSPS) is 26.4. The Kier molecular flexibility index (Phi) is 2.27. The molecule has 7 heteroatoms. The molecule has 1 saturated carbocycles. The second-order valence-electron chi connectivity index (χ2n) is 6.62. The third-order valence-corrected chi connectivity index (χ3v) is 5.21. The number of ketones is 2. The van der Waals surface area contributed by atoms with Crippen molar-refractivity contribution in [2.24, 2.45) is 11.7 Å². The average Bonchev–Trinajstić information content (AvgIpc) is 3.40. The van der Waals surface area contributed by atoms with Gasteiger partial charge in [-0.3, -0.25) is 9.59 Å². The predicted octanol–water partition coefficient (Wildman–Crippen LogP) is 0.779. The van der Waals surface area contributed by atoms with E-state index in [1.54, 1.807) is 0 Å². The molecule has 1 saturated heterocycles. The molecule has 1 amide bonds. The van der Waals surface area contributed by atoms with E-state index in [9.17, 15) is 14.4 Å². The van der Waals surface area contributed by atoms with Gasteiger partial charge in [-0.05, 0) is 12.3 Å². The molecule has 2 aliphatic carbocycles. The zero-order chi connectivity index (χ0) is 15.9. The fourth-order valence-corrected chi connectivity index (χ4v) is 4.02. The summed E-state index contributed by atoms with van der Waals surface area (Å²) in [5.74, 6) is 0.647. The van der Waals surface area contributed by atoms with Crippen molar-refractivity contribution in [1.29, 1.82) is 0 Å². The molecule has 5 rings (SSSR count). The predicted molar refractivity (Wildman–Crippen MR) is 78.0 cm³/mol. The van der Waals surface area contributed by atoms with Gasteiger partial charge in [-0.15, -0.1) is 0 Å². The Labute approximate surface area is 131 Å². The first kappa shape index (κ1) is 12.9. The van der Waals surface area contributed by atoms with E-state index in [1.807, 2.05) is 9.47 Å². The van der Waals surface area contributed by atoms with Crippen LogP contribution in [0.4, 0.5) is 4.79 Å². The number of nitrogens with zero attached hydrogens (tertiary/aromatic N) is 2. The molecule has 2 N–H and O–H groups in total. The highest BCUT2D eigenvalue weighted by molar-refractivity contribution is 6.24. The monoisotopic (exact) mass is 313 g/mol. The number of ether oxygens (including phenoxy) is 1. The lowest BCUT2D eigenvalue weighted by molar-refractivity contribution is 0.0962. The van der Waals surface area contributed by atoms with E-state index in [0.29, 0.717) is 34.4 Å². The molecule has 1 aromatic rings. The number of aromatic nitrogens is 1. The number of Topliss-reactive ketones (excluding diaryl/α,β-unsaturated/α-hetero) is 1. The summed E-state index contributed by atoms with van der Waals surface area (Å²) in [5, 5.41) is 0. The minimum Gasteiger partial charge on any atom is -0.445 e. The maximum absolute atomic E-state index is 12.9. The molecule has 7 nitrogen and oxygen atoms in total. The second-order valence-corrected chi connectivity index (χ2v) is 6.62. The van der Waals surface area contributed by atoms with Gasteiger partial charge in [-0.25, -0.2) is 4.79 Å². The van der Waals surface area contributed by atoms with E-state index in [-0.39, 0.29) is 18.2 Å². The number of primary amides is 1. The highest BCUT2D eigenvalue weighted by Gasteiger charge is 2.51. The highest BCUT2D eigenvalue weighted by Crippen LogP contribution is 2.57. The number of hydrogen-bond donors (Lipinski definition) is 1. The summed E-state index contributed by atoms with van der Waals surface area (Å²) in [5.41, 5.74) is 8.09. The van der Waals surface area contributed by atoms with Gasteiger partial charge in [0.1, 0.15) is 12.3 Å². The van der Waals surface area contributed by atoms with Gasteiger partial charge in [0, 0.05) is 42.9 Å². The topological polar surface area (TPSA) is 94.4 Å². The van der Waals surface area contributed by atoms with Crippen LogP contribution in [0.1, 0.15) is 44.4 Å². The van der Waals surface area contributed by atoms with E-state index in [0.717, 1.165) is 31.7 Å². The lowest BCUT2D eigenvalue weighted by Gasteiger charge is -2.16. The third-order valence-electron chi connectivity index (χ3n) is 5.21. The number of nitrogens with two attached hydrogens (primary N) is 1. The molecule has 0 radical (unpaired) electrons. The molecule has 4 aliphatic rings. The number of allylic oxidation sites excluding steroid dienone is 2. The first-order valence-electron chi connectivity index (χ1n) is 7.79. The summed E-state index contributed by atoms with van der Waals surface area (Å²) in [6.07, 6.45) is 1.65. The number of amides is 1. The van der Waals surface area contributed by atoms with Gasteiger partial charge in [-0.1, -0.05) is 0 Å². The van der Waals surface area contributed by atoms with Gasteiger partial charge in [0.25, 0.3) is 0 Å². The van der Waals surface area contributed by atoms with Crippen LogP contribution in [-0.2, 0) is 17.9 Å². The summed E-state index contributed by atoms with van der Waals surface area (Å²) >= 11 is 0. The van der Waals surface area contributed by atoms with Crippen LogP contribution >= 0.6 is 0 Å². The average molecular weight is 313 g/mol. The Morgan fingerprint density at radius 3 is 2.83 bits per heavy atom. The highest BCUT2D eigenvalue weighted by atomic mass is 16.5. The van der Waals surface area contributed by atoms with Gasteiger partial charge in [-0.2, -0.15) is 0 Å². The van der Waals surface area contributed by atoms with E-state index in [4.69, 9.17) is 10.5 Å². The smallest absolute Gasteiger partial charge is 0.404 e. The number of fused-ring (bicyclic) bond motifs is 5. The van der Waals surface area contributed by atoms with E-state index < -0.39 is 6.09 Å². The number of hydrogen-bond acceptors (Lipinski definition) is 5. The van der Waals surface area contributed by atoms with Crippen molar-refractivity contribution in [3.8, 4) is 0 Å². The molecule has 2 fully saturated rings. The van der Waals surface area contributed by atoms with Crippen LogP contribution < -0.4 is 5.73 Å². The van der Waals surface area contributed by atoms with Crippen molar-refractivity contribution in [2.75, 3.05) is 13.1 Å². The fraction of sp³-hybridized carbons (Fsp3) is 0.438. The summed E-state index contributed by atoms with van der Waals surface area (Å²) in [7, 11) is 0. The van der Waals surface area contributed by atoms with Gasteiger partial charge in [0.15, 0.2) is 0 Å². The molecule has 23 heavy (non-hydrogen) atoms. The molecule has 2 atom stereocenters. The van der Waals surface area contributed by atoms with Crippen LogP contribution in [0.3, 0.4) is 0 Å². The number of carbonyl (C=O) groups excluding carboxylic acids is 3. The Hall–Kier alpha value is -2.57. The van der Waals surface area contributed by atoms with Crippen molar-refractivity contribution in [1.82, 2.24) is 9.47 Å². The minimum atomic E-state index is -0.875. The summed E-state index contributed by atoms with van der Waals surface area (Å²) in [4.78, 5) is 38.4. The maximum atomic E-state index is 12.9. The van der Waals surface area contributed by atoms with E-state index in [2.05, 4.69) is 0 Å². The van der Waals surface area contributed by atoms with Crippen LogP contribution in [0, 0.1) is 5.92 Å². The van der Waals surface area contributed by atoms with E-state index in [1.165, 1.54) is 6.08 Å². The molecule has 118 valence electrons. The molecule has 0 bridgehead atoms. The molecule has 1 aromatic heterocycles. The summed E-state index contributed by atoms with van der Waals surface area (Å²) in [6, 6.07) is 0. The van der Waals surface area contributed by atoms with Crippen molar-refractivity contribution in [3.63, 3.8) is 0 Å². The molecular weight excluding hydrogens is 298 g/mol. The first-order valence-corrected chi connectivity index (χ1v) is 7.79. The number of carbonyl (C=O) groups is 3. The minimum absolute atomic E-state index is 0.0461. The lowest BCUT2D eigenvalue weighted by Crippen LogP contribution is -2.24. The SMILES string of the molecule is NC(=O)OCc1c2c(n3c1C1CC1C3)C(=O)C=C(N1CC1)C2=O. The van der Waals surface area contributed by atoms with Crippen molar-refractivity contribution >= 4 is 17.7 Å². The quantitative estimate of drug-likeness (QED) is 0.832. The Bertz CT molecular complexity index is 831. The van der Waals surface area contributed by atoms with Crippen LogP contribution in [-0.4, -0.2) is 40.2 Å². The molecule has 2 aliphatic heterocycles. The van der Waals surface area contributed by atoms with Crippen LogP contribution in [0.15, 0.2) is 11.8 Å². The van der Waals surface area contributed by atoms with Gasteiger partial charge >= 0.3 is 6.09 Å². The summed E-state index contributed by atoms with van der Waals surface area (Å²) in [6.45, 7) is 2.32. The maximum Gasteiger partial charge on any atom is 0.404 e. The van der Waals surface area contributed by atoms with Gasteiger partial charge in [0.05, 0.1) is 11.3 Å². The molecule has 0 aromatic carbocycles. The zero-order valence-corrected chi connectivity index (χ0v) is 12.4. The van der Waals surface area contributed by atoms with Crippen LogP contribution in [0.2, 0.25) is 0 Å².